The number of aromatic carboxylic acids is 1. The number of imidazole rings is 1. The highest BCUT2D eigenvalue weighted by atomic mass is 16.5. The fraction of sp³-hybridized carbons (Fsp3) is 0.429. The molecular weight excluding hydrogens is 244 g/mol. The molecule has 0 bridgehead atoms. The maximum atomic E-state index is 11.0. The summed E-state index contributed by atoms with van der Waals surface area (Å²) in [6, 6.07) is 5.06. The van der Waals surface area contributed by atoms with Crippen LogP contribution in [-0.4, -0.2) is 33.8 Å². The van der Waals surface area contributed by atoms with E-state index in [0.29, 0.717) is 11.5 Å². The van der Waals surface area contributed by atoms with Crippen LogP contribution in [0.3, 0.4) is 0 Å². The zero-order valence-corrected chi connectivity index (χ0v) is 10.6. The van der Waals surface area contributed by atoms with Crippen LogP contribution in [0, 0.1) is 5.92 Å². The Labute approximate surface area is 110 Å². The number of hydrogen-bond donors (Lipinski definition) is 1. The van der Waals surface area contributed by atoms with Crippen molar-refractivity contribution in [3.8, 4) is 0 Å². The van der Waals surface area contributed by atoms with Gasteiger partial charge in [0.25, 0.3) is 0 Å². The zero-order valence-electron chi connectivity index (χ0n) is 10.6. The second-order valence-electron chi connectivity index (χ2n) is 4.96. The third-order valence-corrected chi connectivity index (χ3v) is 3.66. The minimum absolute atomic E-state index is 0.307. The minimum Gasteiger partial charge on any atom is -0.478 e. The highest BCUT2D eigenvalue weighted by Crippen LogP contribution is 2.21. The lowest BCUT2D eigenvalue weighted by atomic mass is 10.0. The summed E-state index contributed by atoms with van der Waals surface area (Å²) in [4.78, 5) is 15.3. The maximum Gasteiger partial charge on any atom is 0.335 e. The lowest BCUT2D eigenvalue weighted by molar-refractivity contribution is 0.0616. The number of fused-ring (bicyclic) bond motifs is 1. The molecule has 5 heteroatoms. The second-order valence-corrected chi connectivity index (χ2v) is 4.96. The van der Waals surface area contributed by atoms with Crippen molar-refractivity contribution in [2.75, 3.05) is 13.2 Å². The van der Waals surface area contributed by atoms with Gasteiger partial charge >= 0.3 is 5.97 Å². The molecule has 0 amide bonds. The molecule has 1 aliphatic rings. The fourth-order valence-electron chi connectivity index (χ4n) is 2.54. The van der Waals surface area contributed by atoms with Crippen LogP contribution in [0.2, 0.25) is 0 Å². The summed E-state index contributed by atoms with van der Waals surface area (Å²) in [5.74, 6) is -0.319. The van der Waals surface area contributed by atoms with Crippen molar-refractivity contribution in [3.63, 3.8) is 0 Å². The molecule has 1 aromatic carbocycles. The molecule has 1 aromatic heterocycles. The summed E-state index contributed by atoms with van der Waals surface area (Å²) < 4.78 is 7.41. The van der Waals surface area contributed by atoms with Gasteiger partial charge in [0.15, 0.2) is 0 Å². The van der Waals surface area contributed by atoms with E-state index in [1.165, 1.54) is 0 Å². The van der Waals surface area contributed by atoms with Crippen molar-refractivity contribution in [1.82, 2.24) is 9.55 Å². The molecule has 0 aliphatic carbocycles. The number of aromatic nitrogens is 2. The normalized spacial score (nSPS) is 16.8. The minimum atomic E-state index is -0.902. The second kappa shape index (κ2) is 5.01. The molecule has 2 aromatic rings. The standard InChI is InChI=1S/C14H16N2O3/c17-14(18)11-1-2-12-13(7-11)16(9-15-12)8-10-3-5-19-6-4-10/h1-2,7,9-10H,3-6,8H2,(H,17,18). The van der Waals surface area contributed by atoms with Gasteiger partial charge in [-0.3, -0.25) is 0 Å². The Morgan fingerprint density at radius 2 is 2.21 bits per heavy atom. The van der Waals surface area contributed by atoms with Gasteiger partial charge in [-0.1, -0.05) is 0 Å². The highest BCUT2D eigenvalue weighted by molar-refractivity contribution is 5.92. The molecule has 2 heterocycles. The number of nitrogens with zero attached hydrogens (tertiary/aromatic N) is 2. The predicted octanol–water partition coefficient (Wildman–Crippen LogP) is 2.16. The monoisotopic (exact) mass is 260 g/mol. The van der Waals surface area contributed by atoms with E-state index in [2.05, 4.69) is 9.55 Å². The molecule has 0 radical (unpaired) electrons. The number of rotatable bonds is 3. The van der Waals surface area contributed by atoms with E-state index < -0.39 is 5.97 Å². The van der Waals surface area contributed by atoms with Crippen LogP contribution in [0.5, 0.6) is 0 Å². The van der Waals surface area contributed by atoms with Gasteiger partial charge in [0.1, 0.15) is 0 Å². The molecular formula is C14H16N2O3. The predicted molar refractivity (Wildman–Crippen MR) is 70.2 cm³/mol. The SMILES string of the molecule is O=C(O)c1ccc2ncn(CC3CCOCC3)c2c1. The fourth-order valence-corrected chi connectivity index (χ4v) is 2.54. The molecule has 0 atom stereocenters. The van der Waals surface area contributed by atoms with Gasteiger partial charge in [-0.2, -0.15) is 0 Å². The molecule has 100 valence electrons. The number of benzene rings is 1. The Kier molecular flexibility index (Phi) is 3.21. The van der Waals surface area contributed by atoms with Crippen LogP contribution >= 0.6 is 0 Å². The van der Waals surface area contributed by atoms with E-state index in [1.54, 1.807) is 24.5 Å². The summed E-state index contributed by atoms with van der Waals surface area (Å²) in [6.07, 6.45) is 3.91. The van der Waals surface area contributed by atoms with Crippen molar-refractivity contribution in [2.24, 2.45) is 5.92 Å². The van der Waals surface area contributed by atoms with Gasteiger partial charge in [-0.05, 0) is 37.0 Å². The summed E-state index contributed by atoms with van der Waals surface area (Å²) >= 11 is 0. The molecule has 0 spiro atoms. The summed E-state index contributed by atoms with van der Waals surface area (Å²) in [5, 5.41) is 9.05. The van der Waals surface area contributed by atoms with E-state index in [-0.39, 0.29) is 0 Å². The number of hydrogen-bond acceptors (Lipinski definition) is 3. The Bertz CT molecular complexity index is 600. The topological polar surface area (TPSA) is 64.3 Å². The lowest BCUT2D eigenvalue weighted by Gasteiger charge is -2.22. The summed E-state index contributed by atoms with van der Waals surface area (Å²) in [6.45, 7) is 2.51. The first kappa shape index (κ1) is 12.2. The van der Waals surface area contributed by atoms with E-state index in [4.69, 9.17) is 9.84 Å². The van der Waals surface area contributed by atoms with Gasteiger partial charge in [-0.15, -0.1) is 0 Å². The van der Waals surface area contributed by atoms with Crippen molar-refractivity contribution >= 4 is 17.0 Å². The molecule has 1 aliphatic heterocycles. The molecule has 5 nitrogen and oxygen atoms in total. The van der Waals surface area contributed by atoms with Crippen molar-refractivity contribution in [1.29, 1.82) is 0 Å². The van der Waals surface area contributed by atoms with Gasteiger partial charge in [0, 0.05) is 19.8 Å². The van der Waals surface area contributed by atoms with E-state index in [9.17, 15) is 4.79 Å². The Morgan fingerprint density at radius 1 is 1.42 bits per heavy atom. The zero-order chi connectivity index (χ0) is 13.2. The third kappa shape index (κ3) is 2.46. The molecule has 1 fully saturated rings. The van der Waals surface area contributed by atoms with E-state index in [0.717, 1.165) is 43.6 Å². The van der Waals surface area contributed by atoms with Crippen molar-refractivity contribution in [2.45, 2.75) is 19.4 Å². The third-order valence-electron chi connectivity index (χ3n) is 3.66. The summed E-state index contributed by atoms with van der Waals surface area (Å²) in [5.41, 5.74) is 2.05. The molecule has 1 N–H and O–H groups in total. The smallest absolute Gasteiger partial charge is 0.335 e. The average molecular weight is 260 g/mol. The number of ether oxygens (including phenoxy) is 1. The van der Waals surface area contributed by atoms with Crippen LogP contribution in [0.4, 0.5) is 0 Å². The first-order valence-electron chi connectivity index (χ1n) is 6.50. The van der Waals surface area contributed by atoms with Crippen molar-refractivity contribution < 1.29 is 14.6 Å². The molecule has 19 heavy (non-hydrogen) atoms. The van der Waals surface area contributed by atoms with Gasteiger partial charge in [-0.25, -0.2) is 9.78 Å². The number of carboxylic acid groups (broad SMARTS) is 1. The van der Waals surface area contributed by atoms with Crippen LogP contribution in [-0.2, 0) is 11.3 Å². The largest absolute Gasteiger partial charge is 0.478 e. The van der Waals surface area contributed by atoms with Crippen LogP contribution < -0.4 is 0 Å². The number of carbonyl (C=O) groups is 1. The highest BCUT2D eigenvalue weighted by Gasteiger charge is 2.16. The Balaban J connectivity index is 1.89. The lowest BCUT2D eigenvalue weighted by Crippen LogP contribution is -2.20. The van der Waals surface area contributed by atoms with Gasteiger partial charge in [0.05, 0.1) is 22.9 Å². The van der Waals surface area contributed by atoms with Crippen LogP contribution in [0.25, 0.3) is 11.0 Å². The maximum absolute atomic E-state index is 11.0. The van der Waals surface area contributed by atoms with Crippen molar-refractivity contribution in [3.05, 3.63) is 30.1 Å². The van der Waals surface area contributed by atoms with Gasteiger partial charge in [0.2, 0.25) is 0 Å². The van der Waals surface area contributed by atoms with E-state index >= 15 is 0 Å². The molecule has 3 rings (SSSR count). The molecule has 0 unspecified atom stereocenters. The Morgan fingerprint density at radius 3 is 2.95 bits per heavy atom. The molecule has 1 saturated heterocycles. The van der Waals surface area contributed by atoms with E-state index in [1.807, 2.05) is 0 Å². The quantitative estimate of drug-likeness (QED) is 0.918. The van der Waals surface area contributed by atoms with Crippen LogP contribution in [0.1, 0.15) is 23.2 Å². The summed E-state index contributed by atoms with van der Waals surface area (Å²) in [7, 11) is 0. The average Bonchev–Trinajstić information content (AvgIpc) is 2.82. The number of carboxylic acids is 1. The Hall–Kier alpha value is -1.88. The van der Waals surface area contributed by atoms with Crippen LogP contribution in [0.15, 0.2) is 24.5 Å². The first-order valence-corrected chi connectivity index (χ1v) is 6.50. The molecule has 0 saturated carbocycles. The van der Waals surface area contributed by atoms with Gasteiger partial charge < -0.3 is 14.4 Å². The first-order chi connectivity index (χ1) is 9.24.